The van der Waals surface area contributed by atoms with Crippen molar-refractivity contribution in [1.29, 1.82) is 0 Å². The molecule has 6 nitrogen and oxygen atoms in total. The summed E-state index contributed by atoms with van der Waals surface area (Å²) in [5.41, 5.74) is 1.25. The summed E-state index contributed by atoms with van der Waals surface area (Å²) in [6, 6.07) is 0. The van der Waals surface area contributed by atoms with Crippen molar-refractivity contribution in [3.8, 4) is 0 Å². The number of rotatable bonds is 7. The van der Waals surface area contributed by atoms with Gasteiger partial charge in [-0.2, -0.15) is 5.10 Å². The Morgan fingerprint density at radius 3 is 2.95 bits per heavy atom. The van der Waals surface area contributed by atoms with Crippen molar-refractivity contribution in [2.45, 2.75) is 25.7 Å². The smallest absolute Gasteiger partial charge is 0.255 e. The first-order valence-corrected chi connectivity index (χ1v) is 6.49. The molecule has 6 heteroatoms. The van der Waals surface area contributed by atoms with E-state index in [0.717, 1.165) is 25.7 Å². The molecule has 0 aromatic carbocycles. The minimum Gasteiger partial charge on any atom is -0.396 e. The molecule has 2 rings (SSSR count). The molecule has 0 saturated carbocycles. The van der Waals surface area contributed by atoms with E-state index in [2.05, 4.69) is 15.4 Å². The maximum Gasteiger partial charge on any atom is 0.255 e. The summed E-state index contributed by atoms with van der Waals surface area (Å²) in [5, 5.41) is 15.6. The second-order valence-electron chi connectivity index (χ2n) is 4.36. The van der Waals surface area contributed by atoms with E-state index in [-0.39, 0.29) is 12.5 Å². The van der Waals surface area contributed by atoms with Crippen molar-refractivity contribution >= 4 is 11.4 Å². The predicted molar refractivity (Wildman–Crippen MR) is 70.9 cm³/mol. The van der Waals surface area contributed by atoms with Crippen LogP contribution in [0.25, 0.3) is 5.52 Å². The molecule has 0 fully saturated rings. The number of hydrogen-bond donors (Lipinski definition) is 2. The van der Waals surface area contributed by atoms with Crippen LogP contribution in [0.1, 0.15) is 36.0 Å². The Kier molecular flexibility index (Phi) is 4.85. The third-order valence-electron chi connectivity index (χ3n) is 2.94. The first-order chi connectivity index (χ1) is 9.33. The number of aliphatic hydroxyl groups excluding tert-OH is 1. The van der Waals surface area contributed by atoms with Crippen LogP contribution in [0.4, 0.5) is 0 Å². The van der Waals surface area contributed by atoms with E-state index in [1.54, 1.807) is 29.3 Å². The first-order valence-electron chi connectivity index (χ1n) is 6.49. The van der Waals surface area contributed by atoms with Crippen LogP contribution in [-0.4, -0.2) is 38.8 Å². The van der Waals surface area contributed by atoms with Gasteiger partial charge in [-0.25, -0.2) is 4.52 Å². The zero-order chi connectivity index (χ0) is 13.5. The topological polar surface area (TPSA) is 79.5 Å². The summed E-state index contributed by atoms with van der Waals surface area (Å²) in [4.78, 5) is 16.0. The minimum atomic E-state index is -0.120. The number of carbonyl (C=O) groups excluding carboxylic acids is 1. The van der Waals surface area contributed by atoms with Gasteiger partial charge in [0.25, 0.3) is 5.91 Å². The lowest BCUT2D eigenvalue weighted by atomic mass is 10.2. The maximum absolute atomic E-state index is 12.0. The highest BCUT2D eigenvalue weighted by molar-refractivity contribution is 6.00. The molecule has 0 aliphatic rings. The Balaban J connectivity index is 1.83. The van der Waals surface area contributed by atoms with E-state index in [9.17, 15) is 4.79 Å². The average Bonchev–Trinajstić information content (AvgIpc) is 2.86. The number of unbranched alkanes of at least 4 members (excludes halogenated alkanes) is 3. The average molecular weight is 262 g/mol. The molecule has 0 bridgehead atoms. The molecule has 0 atom stereocenters. The molecular weight excluding hydrogens is 244 g/mol. The molecule has 2 heterocycles. The molecule has 0 spiro atoms. The van der Waals surface area contributed by atoms with Gasteiger partial charge >= 0.3 is 0 Å². The van der Waals surface area contributed by atoms with Gasteiger partial charge in [-0.15, -0.1) is 0 Å². The molecule has 2 aromatic rings. The highest BCUT2D eigenvalue weighted by atomic mass is 16.2. The van der Waals surface area contributed by atoms with Gasteiger partial charge in [0.15, 0.2) is 0 Å². The number of fused-ring (bicyclic) bond motifs is 1. The number of nitrogens with one attached hydrogen (secondary N) is 1. The van der Waals surface area contributed by atoms with Crippen LogP contribution in [0, 0.1) is 0 Å². The van der Waals surface area contributed by atoms with Crippen LogP contribution in [-0.2, 0) is 0 Å². The van der Waals surface area contributed by atoms with E-state index in [1.807, 2.05) is 0 Å². The van der Waals surface area contributed by atoms with Gasteiger partial charge in [0.05, 0.1) is 23.5 Å². The van der Waals surface area contributed by atoms with Crippen molar-refractivity contribution in [3.63, 3.8) is 0 Å². The normalized spacial score (nSPS) is 10.8. The molecule has 0 saturated heterocycles. The van der Waals surface area contributed by atoms with Crippen molar-refractivity contribution < 1.29 is 9.90 Å². The molecule has 0 aliphatic carbocycles. The molecule has 0 radical (unpaired) electrons. The van der Waals surface area contributed by atoms with Gasteiger partial charge in [-0.3, -0.25) is 9.78 Å². The van der Waals surface area contributed by atoms with E-state index in [0.29, 0.717) is 17.6 Å². The van der Waals surface area contributed by atoms with Crippen molar-refractivity contribution in [1.82, 2.24) is 19.9 Å². The van der Waals surface area contributed by atoms with Crippen molar-refractivity contribution in [2.24, 2.45) is 0 Å². The highest BCUT2D eigenvalue weighted by Gasteiger charge is 2.11. The van der Waals surface area contributed by atoms with Crippen LogP contribution < -0.4 is 5.32 Å². The van der Waals surface area contributed by atoms with Crippen LogP contribution in [0.15, 0.2) is 24.8 Å². The van der Waals surface area contributed by atoms with Gasteiger partial charge < -0.3 is 10.4 Å². The maximum atomic E-state index is 12.0. The second kappa shape index (κ2) is 6.84. The van der Waals surface area contributed by atoms with Gasteiger partial charge in [0.2, 0.25) is 0 Å². The molecule has 102 valence electrons. The Morgan fingerprint density at radius 2 is 2.11 bits per heavy atom. The lowest BCUT2D eigenvalue weighted by molar-refractivity contribution is 0.0954. The zero-order valence-corrected chi connectivity index (χ0v) is 10.7. The number of hydrogen-bond acceptors (Lipinski definition) is 4. The van der Waals surface area contributed by atoms with Crippen LogP contribution in [0.2, 0.25) is 0 Å². The van der Waals surface area contributed by atoms with Crippen LogP contribution >= 0.6 is 0 Å². The van der Waals surface area contributed by atoms with Crippen molar-refractivity contribution in [2.75, 3.05) is 13.2 Å². The number of nitrogens with zero attached hydrogens (tertiary/aromatic N) is 3. The fourth-order valence-electron chi connectivity index (χ4n) is 1.90. The molecule has 2 aromatic heterocycles. The van der Waals surface area contributed by atoms with E-state index >= 15 is 0 Å². The largest absolute Gasteiger partial charge is 0.396 e. The lowest BCUT2D eigenvalue weighted by Gasteiger charge is -2.03. The number of amides is 1. The lowest BCUT2D eigenvalue weighted by Crippen LogP contribution is -2.24. The molecule has 2 N–H and O–H groups in total. The first kappa shape index (κ1) is 13.5. The molecule has 19 heavy (non-hydrogen) atoms. The van der Waals surface area contributed by atoms with Gasteiger partial charge in [-0.05, 0) is 12.8 Å². The monoisotopic (exact) mass is 262 g/mol. The number of aromatic nitrogens is 3. The van der Waals surface area contributed by atoms with Crippen LogP contribution in [0.3, 0.4) is 0 Å². The molecule has 0 aliphatic heterocycles. The Morgan fingerprint density at radius 1 is 1.26 bits per heavy atom. The van der Waals surface area contributed by atoms with Gasteiger partial charge in [0, 0.05) is 25.5 Å². The quantitative estimate of drug-likeness (QED) is 0.730. The summed E-state index contributed by atoms with van der Waals surface area (Å²) in [6.45, 7) is 0.879. The predicted octanol–water partition coefficient (Wildman–Crippen LogP) is 1.01. The fraction of sp³-hybridized carbons (Fsp3) is 0.462. The Labute approximate surface area is 111 Å². The Hall–Kier alpha value is -1.95. The second-order valence-corrected chi connectivity index (χ2v) is 4.36. The number of carbonyl (C=O) groups is 1. The molecule has 1 amide bonds. The van der Waals surface area contributed by atoms with E-state index < -0.39 is 0 Å². The van der Waals surface area contributed by atoms with E-state index in [4.69, 9.17) is 5.11 Å². The van der Waals surface area contributed by atoms with E-state index in [1.165, 1.54) is 0 Å². The highest BCUT2D eigenvalue weighted by Crippen LogP contribution is 2.08. The zero-order valence-electron chi connectivity index (χ0n) is 10.7. The van der Waals surface area contributed by atoms with Gasteiger partial charge in [0.1, 0.15) is 0 Å². The number of aliphatic hydroxyl groups is 1. The summed E-state index contributed by atoms with van der Waals surface area (Å²) >= 11 is 0. The SMILES string of the molecule is O=C(NCCCCCCO)c1cnn2ccncc12. The molecule has 0 unspecified atom stereocenters. The standard InChI is InChI=1S/C13H18N4O2/c18-8-4-2-1-3-5-15-13(19)11-9-16-17-7-6-14-10-12(11)17/h6-7,9-10,18H,1-5,8H2,(H,15,19). The fourth-order valence-corrected chi connectivity index (χ4v) is 1.90. The summed E-state index contributed by atoms with van der Waals surface area (Å²) < 4.78 is 1.63. The Bertz CT molecular complexity index is 538. The van der Waals surface area contributed by atoms with Crippen LogP contribution in [0.5, 0.6) is 0 Å². The third kappa shape index (κ3) is 3.51. The summed E-state index contributed by atoms with van der Waals surface area (Å²) in [6.07, 6.45) is 10.3. The molecular formula is C13H18N4O2. The third-order valence-corrected chi connectivity index (χ3v) is 2.94. The minimum absolute atomic E-state index is 0.120. The summed E-state index contributed by atoms with van der Waals surface area (Å²) in [7, 11) is 0. The summed E-state index contributed by atoms with van der Waals surface area (Å²) in [5.74, 6) is -0.120. The van der Waals surface area contributed by atoms with Crippen molar-refractivity contribution in [3.05, 3.63) is 30.4 Å². The van der Waals surface area contributed by atoms with Gasteiger partial charge in [-0.1, -0.05) is 12.8 Å².